The normalized spacial score (nSPS) is 31.9. The van der Waals surface area contributed by atoms with Crippen LogP contribution in [0.1, 0.15) is 31.4 Å². The van der Waals surface area contributed by atoms with Gasteiger partial charge in [-0.2, -0.15) is 0 Å². The van der Waals surface area contributed by atoms with Gasteiger partial charge in [0.1, 0.15) is 55.8 Å². The number of amides is 1. The molecule has 2 heterocycles. The lowest BCUT2D eigenvalue weighted by Crippen LogP contribution is -2.67. The van der Waals surface area contributed by atoms with Gasteiger partial charge in [0.2, 0.25) is 12.2 Å². The molecule has 3 fully saturated rings. The largest absolute Gasteiger partial charge is 0.504 e. The molecular weight excluding hydrogens is 622 g/mol. The zero-order chi connectivity index (χ0) is 32.4. The summed E-state index contributed by atoms with van der Waals surface area (Å²) in [5.41, 5.74) is 1.10. The highest BCUT2D eigenvalue weighted by molar-refractivity contribution is 6.30. The summed E-state index contributed by atoms with van der Waals surface area (Å²) in [4.78, 5) is 18.0. The first-order valence-corrected chi connectivity index (χ1v) is 14.5. The van der Waals surface area contributed by atoms with Gasteiger partial charge in [0.15, 0.2) is 17.7 Å². The molecular formula is C30H33ClF2N2O10. The predicted molar refractivity (Wildman–Crippen MR) is 154 cm³/mol. The van der Waals surface area contributed by atoms with Crippen LogP contribution in [0.4, 0.5) is 8.78 Å². The Hall–Kier alpha value is -3.37. The standard InChI is InChI=1S/C30H33ClF2N2O10/c1-13(29(40)34-23-24(37)26(39)28-27(25(23)38)41-12-42-28)7-15-3-6-21(20(36)8-15)44-30-19(33)10-22(45-30)14(2)35-43-11-16-4-5-17(31)9-18(16)32/h3-9,19,22-28,30,36-39H,10-12H2,1-2H3,(H,34,40)/b13-7+,35-14+/t19-,22+,23-,24?,25-,26?,27+,28?,30-/m1/s1. The maximum Gasteiger partial charge on any atom is 0.247 e. The van der Waals surface area contributed by atoms with Crippen molar-refractivity contribution in [3.8, 4) is 11.5 Å². The van der Waals surface area contributed by atoms with E-state index in [1.54, 1.807) is 6.92 Å². The number of nitrogens with zero attached hydrogens (tertiary/aromatic N) is 1. The van der Waals surface area contributed by atoms with Crippen LogP contribution in [0, 0.1) is 5.82 Å². The summed E-state index contributed by atoms with van der Waals surface area (Å²) in [5, 5.41) is 48.5. The molecule has 0 aromatic heterocycles. The second kappa shape index (κ2) is 14.0. The third-order valence-corrected chi connectivity index (χ3v) is 8.05. The van der Waals surface area contributed by atoms with E-state index >= 15 is 0 Å². The van der Waals surface area contributed by atoms with Gasteiger partial charge in [0.25, 0.3) is 0 Å². The summed E-state index contributed by atoms with van der Waals surface area (Å²) < 4.78 is 50.4. The Morgan fingerprint density at radius 1 is 1.11 bits per heavy atom. The minimum Gasteiger partial charge on any atom is -0.504 e. The van der Waals surface area contributed by atoms with Crippen LogP contribution in [0.15, 0.2) is 47.1 Å². The van der Waals surface area contributed by atoms with E-state index in [-0.39, 0.29) is 47.5 Å². The van der Waals surface area contributed by atoms with Crippen molar-refractivity contribution in [2.75, 3.05) is 6.79 Å². The van der Waals surface area contributed by atoms with E-state index in [0.29, 0.717) is 11.3 Å². The van der Waals surface area contributed by atoms with E-state index < -0.39 is 66.9 Å². The molecule has 45 heavy (non-hydrogen) atoms. The summed E-state index contributed by atoms with van der Waals surface area (Å²) in [6.07, 6.45) is -8.39. The number of fused-ring (bicyclic) bond motifs is 1. The van der Waals surface area contributed by atoms with Crippen LogP contribution in [0.3, 0.4) is 0 Å². The number of aliphatic hydroxyl groups is 3. The molecule has 3 unspecified atom stereocenters. The fourth-order valence-electron chi connectivity index (χ4n) is 5.28. The number of phenols is 1. The van der Waals surface area contributed by atoms with Gasteiger partial charge < -0.3 is 49.5 Å². The van der Waals surface area contributed by atoms with Crippen molar-refractivity contribution in [2.24, 2.45) is 5.16 Å². The molecule has 0 bridgehead atoms. The van der Waals surface area contributed by atoms with E-state index in [1.807, 2.05) is 0 Å². The van der Waals surface area contributed by atoms with E-state index in [1.165, 1.54) is 43.3 Å². The summed E-state index contributed by atoms with van der Waals surface area (Å²) in [6.45, 7) is 2.73. The average Bonchev–Trinajstić information content (AvgIpc) is 3.64. The van der Waals surface area contributed by atoms with E-state index in [9.17, 15) is 34.0 Å². The molecule has 12 nitrogen and oxygen atoms in total. The number of carbonyl (C=O) groups is 1. The Balaban J connectivity index is 1.16. The maximum absolute atomic E-state index is 14.8. The smallest absolute Gasteiger partial charge is 0.247 e. The topological polar surface area (TPSA) is 169 Å². The minimum atomic E-state index is -1.56. The molecule has 2 aromatic carbocycles. The Kier molecular flexibility index (Phi) is 10.2. The van der Waals surface area contributed by atoms with E-state index in [2.05, 4.69) is 10.5 Å². The number of halogens is 3. The Morgan fingerprint density at radius 3 is 2.56 bits per heavy atom. The molecule has 2 aromatic rings. The first-order valence-electron chi connectivity index (χ1n) is 14.1. The SMILES string of the molecule is C/C(=C\c1ccc(O[C@@H]2O[C@H](/C(C)=N/OCc3ccc(Cl)cc3F)C[C@H]2F)c(O)c1)C(=O)N[C@@H]1C(O)C(O)C2OCO[C@H]2[C@@H]1O. The molecule has 244 valence electrons. The molecule has 5 rings (SSSR count). The fourth-order valence-corrected chi connectivity index (χ4v) is 5.43. The number of hydrogen-bond donors (Lipinski definition) is 5. The van der Waals surface area contributed by atoms with Crippen LogP contribution < -0.4 is 10.1 Å². The van der Waals surface area contributed by atoms with Gasteiger partial charge in [0, 0.05) is 22.6 Å². The number of oxime groups is 1. The van der Waals surface area contributed by atoms with Crippen molar-refractivity contribution in [1.82, 2.24) is 5.32 Å². The molecule has 15 heteroatoms. The molecule has 1 saturated carbocycles. The van der Waals surface area contributed by atoms with Crippen LogP contribution in [-0.4, -0.2) is 94.0 Å². The van der Waals surface area contributed by atoms with E-state index in [0.717, 1.165) is 6.07 Å². The van der Waals surface area contributed by atoms with Crippen LogP contribution >= 0.6 is 11.6 Å². The van der Waals surface area contributed by atoms with Crippen LogP contribution in [-0.2, 0) is 30.4 Å². The van der Waals surface area contributed by atoms with Gasteiger partial charge in [-0.15, -0.1) is 0 Å². The van der Waals surface area contributed by atoms with Crippen LogP contribution in [0.25, 0.3) is 6.08 Å². The molecule has 1 aliphatic carbocycles. The summed E-state index contributed by atoms with van der Waals surface area (Å²) in [5.74, 6) is -1.60. The zero-order valence-corrected chi connectivity index (χ0v) is 24.9. The third kappa shape index (κ3) is 7.38. The van der Waals surface area contributed by atoms with Gasteiger partial charge >= 0.3 is 0 Å². The number of nitrogens with one attached hydrogen (secondary N) is 1. The summed E-state index contributed by atoms with van der Waals surface area (Å²) >= 11 is 5.74. The second-order valence-electron chi connectivity index (χ2n) is 11.0. The van der Waals surface area contributed by atoms with E-state index in [4.69, 9.17) is 35.4 Å². The number of ether oxygens (including phenoxy) is 4. The highest BCUT2D eigenvalue weighted by Gasteiger charge is 2.53. The van der Waals surface area contributed by atoms with Gasteiger partial charge in [-0.05, 0) is 49.8 Å². The lowest BCUT2D eigenvalue weighted by molar-refractivity contribution is -0.155. The summed E-state index contributed by atoms with van der Waals surface area (Å²) in [7, 11) is 0. The quantitative estimate of drug-likeness (QED) is 0.154. The Morgan fingerprint density at radius 2 is 1.84 bits per heavy atom. The van der Waals surface area contributed by atoms with Crippen molar-refractivity contribution in [3.05, 3.63) is 63.9 Å². The first-order chi connectivity index (χ1) is 21.4. The molecule has 2 saturated heterocycles. The van der Waals surface area contributed by atoms with Gasteiger partial charge in [-0.3, -0.25) is 4.79 Å². The lowest BCUT2D eigenvalue weighted by Gasteiger charge is -2.41. The number of aliphatic hydroxyl groups excluding tert-OH is 3. The first kappa shape index (κ1) is 33.0. The zero-order valence-electron chi connectivity index (χ0n) is 24.2. The Labute approximate surface area is 261 Å². The van der Waals surface area contributed by atoms with Gasteiger partial charge in [-0.25, -0.2) is 8.78 Å². The second-order valence-corrected chi connectivity index (χ2v) is 11.4. The lowest BCUT2D eigenvalue weighted by atomic mass is 9.83. The van der Waals surface area contributed by atoms with Crippen molar-refractivity contribution < 1.29 is 57.8 Å². The van der Waals surface area contributed by atoms with Crippen LogP contribution in [0.2, 0.25) is 5.02 Å². The van der Waals surface area contributed by atoms with Crippen molar-refractivity contribution in [1.29, 1.82) is 0 Å². The van der Waals surface area contributed by atoms with Gasteiger partial charge in [0.05, 0.1) is 11.8 Å². The number of hydrogen-bond acceptors (Lipinski definition) is 11. The predicted octanol–water partition coefficient (Wildman–Crippen LogP) is 2.34. The fraction of sp³-hybridized carbons (Fsp3) is 0.467. The molecule has 0 radical (unpaired) electrons. The number of phenolic OH excluding ortho intramolecular Hbond substituents is 1. The highest BCUT2D eigenvalue weighted by Crippen LogP contribution is 2.34. The molecule has 2 aliphatic heterocycles. The highest BCUT2D eigenvalue weighted by atomic mass is 35.5. The molecule has 9 atom stereocenters. The Bertz CT molecular complexity index is 1460. The molecule has 1 amide bonds. The number of rotatable bonds is 9. The number of benzene rings is 2. The van der Waals surface area contributed by atoms with Crippen molar-refractivity contribution in [2.45, 2.75) is 82.0 Å². The monoisotopic (exact) mass is 654 g/mol. The van der Waals surface area contributed by atoms with Gasteiger partial charge in [-0.1, -0.05) is 28.9 Å². The van der Waals surface area contributed by atoms with Crippen molar-refractivity contribution in [3.63, 3.8) is 0 Å². The number of aromatic hydroxyl groups is 1. The molecule has 0 spiro atoms. The number of carbonyl (C=O) groups excluding carboxylic acids is 1. The minimum absolute atomic E-state index is 0.0672. The molecule has 3 aliphatic rings. The van der Waals surface area contributed by atoms with Crippen molar-refractivity contribution >= 4 is 29.3 Å². The average molecular weight is 655 g/mol. The summed E-state index contributed by atoms with van der Waals surface area (Å²) in [6, 6.07) is 7.11. The van der Waals surface area contributed by atoms with Crippen LogP contribution in [0.5, 0.6) is 11.5 Å². The molecule has 5 N–H and O–H groups in total. The third-order valence-electron chi connectivity index (χ3n) is 7.81. The number of alkyl halides is 1. The maximum atomic E-state index is 14.8.